The maximum Gasteiger partial charge on any atom is 0.242 e. The van der Waals surface area contributed by atoms with Crippen LogP contribution in [0.4, 0.5) is 11.4 Å². The summed E-state index contributed by atoms with van der Waals surface area (Å²) >= 11 is 0. The summed E-state index contributed by atoms with van der Waals surface area (Å²) in [6.07, 6.45) is 3.17. The van der Waals surface area contributed by atoms with Crippen molar-refractivity contribution in [1.82, 2.24) is 0 Å². The number of anilines is 2. The molecule has 9 rings (SSSR count). The number of hydrogen-bond donors (Lipinski definition) is 0. The number of hydrogen-bond acceptors (Lipinski definition) is 1. The van der Waals surface area contributed by atoms with Gasteiger partial charge in [-0.1, -0.05) is 121 Å². The average molecular weight is 608 g/mol. The second-order valence-electron chi connectivity index (χ2n) is 13.7. The van der Waals surface area contributed by atoms with Crippen LogP contribution in [0.3, 0.4) is 0 Å². The van der Waals surface area contributed by atoms with Crippen LogP contribution in [0.2, 0.25) is 0 Å². The highest BCUT2D eigenvalue weighted by Crippen LogP contribution is 2.50. The summed E-state index contributed by atoms with van der Waals surface area (Å²) in [4.78, 5) is 2.73. The molecule has 0 radical (unpaired) electrons. The van der Waals surface area contributed by atoms with E-state index in [9.17, 15) is 0 Å². The van der Waals surface area contributed by atoms with E-state index in [1.165, 1.54) is 72.1 Å². The fourth-order valence-electron chi connectivity index (χ4n) is 8.83. The highest BCUT2D eigenvalue weighted by atomic mass is 15.4. The third kappa shape index (κ3) is 4.58. The van der Waals surface area contributed by atoms with Crippen LogP contribution in [-0.2, 0) is 19.3 Å². The van der Waals surface area contributed by atoms with Gasteiger partial charge in [-0.15, -0.1) is 0 Å². The minimum atomic E-state index is 0.104. The first-order valence-corrected chi connectivity index (χ1v) is 17.1. The molecule has 6 aromatic carbocycles. The predicted octanol–water partition coefficient (Wildman–Crippen LogP) is 10.5. The van der Waals surface area contributed by atoms with Gasteiger partial charge in [-0.2, -0.15) is 4.57 Å². The summed E-state index contributed by atoms with van der Waals surface area (Å²) in [6.45, 7) is 4.58. The fourth-order valence-corrected chi connectivity index (χ4v) is 8.83. The molecule has 0 N–H and O–H groups in total. The smallest absolute Gasteiger partial charge is 0.242 e. The first kappa shape index (κ1) is 28.0. The summed E-state index contributed by atoms with van der Waals surface area (Å²) in [6, 6.07) is 54.6. The summed E-state index contributed by atoms with van der Waals surface area (Å²) in [5.74, 6) is 0.734. The van der Waals surface area contributed by atoms with Crippen molar-refractivity contribution in [3.8, 4) is 11.3 Å². The largest absolute Gasteiger partial charge is 0.276 e. The highest BCUT2D eigenvalue weighted by Gasteiger charge is 2.51. The van der Waals surface area contributed by atoms with Gasteiger partial charge in [-0.3, -0.25) is 4.90 Å². The minimum Gasteiger partial charge on any atom is -0.276 e. The molecule has 0 amide bonds. The van der Waals surface area contributed by atoms with Gasteiger partial charge < -0.3 is 0 Å². The fraction of sp³-hybridized carbons (Fsp3) is 0.178. The normalized spacial score (nSPS) is 18.3. The van der Waals surface area contributed by atoms with Crippen LogP contribution in [0.1, 0.15) is 34.0 Å². The van der Waals surface area contributed by atoms with E-state index in [2.05, 4.69) is 169 Å². The first-order chi connectivity index (χ1) is 23.2. The Morgan fingerprint density at radius 3 is 2.00 bits per heavy atom. The number of rotatable bonds is 5. The molecule has 2 nitrogen and oxygen atoms in total. The van der Waals surface area contributed by atoms with E-state index in [-0.39, 0.29) is 6.17 Å². The number of fused-ring (bicyclic) bond motifs is 4. The van der Waals surface area contributed by atoms with Crippen LogP contribution < -0.4 is 9.47 Å². The zero-order valence-electron chi connectivity index (χ0n) is 27.1. The summed E-state index contributed by atoms with van der Waals surface area (Å²) in [5.41, 5.74) is 13.6. The van der Waals surface area contributed by atoms with Gasteiger partial charge in [0.2, 0.25) is 17.4 Å². The third-order valence-corrected chi connectivity index (χ3v) is 10.8. The molecular formula is C45H39N2+. The number of benzene rings is 6. The van der Waals surface area contributed by atoms with Gasteiger partial charge in [-0.25, -0.2) is 0 Å². The van der Waals surface area contributed by atoms with Crippen molar-refractivity contribution in [2.45, 2.75) is 39.3 Å². The van der Waals surface area contributed by atoms with E-state index in [0.29, 0.717) is 11.8 Å². The van der Waals surface area contributed by atoms with Gasteiger partial charge in [-0.05, 0) is 95.8 Å². The van der Waals surface area contributed by atoms with E-state index in [4.69, 9.17) is 0 Å². The lowest BCUT2D eigenvalue weighted by Crippen LogP contribution is -2.53. The Hall–Kier alpha value is -5.21. The van der Waals surface area contributed by atoms with Gasteiger partial charge in [0.25, 0.3) is 0 Å². The van der Waals surface area contributed by atoms with E-state index in [0.717, 1.165) is 19.3 Å². The molecule has 228 valence electrons. The second-order valence-corrected chi connectivity index (χ2v) is 13.7. The predicted molar refractivity (Wildman–Crippen MR) is 195 cm³/mol. The van der Waals surface area contributed by atoms with Gasteiger partial charge in [0.1, 0.15) is 5.69 Å². The summed E-state index contributed by atoms with van der Waals surface area (Å²) in [5, 5.41) is 3.94. The number of nitrogens with zero attached hydrogens (tertiary/aromatic N) is 2. The van der Waals surface area contributed by atoms with E-state index in [1.54, 1.807) is 0 Å². The van der Waals surface area contributed by atoms with Gasteiger partial charge in [0.05, 0.1) is 11.3 Å². The summed E-state index contributed by atoms with van der Waals surface area (Å²) < 4.78 is 2.76. The zero-order chi connectivity index (χ0) is 31.5. The van der Waals surface area contributed by atoms with Crippen molar-refractivity contribution in [3.05, 3.63) is 173 Å². The lowest BCUT2D eigenvalue weighted by Gasteiger charge is -2.37. The molecule has 3 unspecified atom stereocenters. The van der Waals surface area contributed by atoms with Crippen LogP contribution >= 0.6 is 0 Å². The van der Waals surface area contributed by atoms with Gasteiger partial charge in [0.15, 0.2) is 0 Å². The monoisotopic (exact) mass is 607 g/mol. The molecule has 1 aromatic heterocycles. The third-order valence-electron chi connectivity index (χ3n) is 10.8. The maximum atomic E-state index is 2.76. The Bertz CT molecular complexity index is 2250. The molecule has 0 saturated carbocycles. The Morgan fingerprint density at radius 2 is 1.23 bits per heavy atom. The van der Waals surface area contributed by atoms with Crippen LogP contribution in [0.25, 0.3) is 32.9 Å². The van der Waals surface area contributed by atoms with E-state index in [1.807, 2.05) is 0 Å². The lowest BCUT2D eigenvalue weighted by atomic mass is 9.74. The Labute approximate surface area is 277 Å². The molecule has 0 bridgehead atoms. The molecule has 7 aromatic rings. The number of pyridine rings is 1. The van der Waals surface area contributed by atoms with Crippen LogP contribution in [0.5, 0.6) is 0 Å². The molecule has 2 aliphatic heterocycles. The topological polar surface area (TPSA) is 7.12 Å². The van der Waals surface area contributed by atoms with Crippen molar-refractivity contribution >= 4 is 33.1 Å². The minimum absolute atomic E-state index is 0.104. The Morgan fingerprint density at radius 1 is 0.596 bits per heavy atom. The lowest BCUT2D eigenvalue weighted by molar-refractivity contribution is -0.689. The SMILES string of the molecule is Cc1cccc(C)c1N1c2cccc3ccc4[n+](c23)C1C(Cc1ccccc1)C(Cc1ccccc1)Cc1ccc2ccccc2c1-4. The highest BCUT2D eigenvalue weighted by molar-refractivity contribution is 5.99. The van der Waals surface area contributed by atoms with Gasteiger partial charge >= 0.3 is 0 Å². The zero-order valence-corrected chi connectivity index (χ0v) is 27.1. The van der Waals surface area contributed by atoms with Gasteiger partial charge in [0, 0.05) is 17.4 Å². The molecule has 0 aliphatic carbocycles. The Kier molecular flexibility index (Phi) is 6.71. The van der Waals surface area contributed by atoms with Crippen molar-refractivity contribution in [2.24, 2.45) is 11.8 Å². The van der Waals surface area contributed by atoms with Crippen molar-refractivity contribution in [1.29, 1.82) is 0 Å². The molecule has 47 heavy (non-hydrogen) atoms. The van der Waals surface area contributed by atoms with Crippen molar-refractivity contribution in [3.63, 3.8) is 0 Å². The molecule has 0 saturated heterocycles. The molecule has 3 heterocycles. The number of aromatic nitrogens is 1. The standard InChI is InChI=1S/C45H39N2/c1-30-13-11-14-31(2)43(30)47-41-22-12-20-35-25-26-40-42-36(24-23-34-19-9-10-21-38(34)42)29-37(27-32-15-5-3-6-16-32)39(45(47)46(40)44(35)41)28-33-17-7-4-8-18-33/h3-26,37,39,45H,27-29H2,1-2H3/q+1. The molecule has 2 heteroatoms. The molecule has 0 spiro atoms. The molecule has 0 fully saturated rings. The number of aryl methyl sites for hydroxylation is 2. The van der Waals surface area contributed by atoms with Crippen LogP contribution in [-0.4, -0.2) is 0 Å². The van der Waals surface area contributed by atoms with E-state index >= 15 is 0 Å². The second kappa shape index (κ2) is 11.2. The van der Waals surface area contributed by atoms with E-state index < -0.39 is 0 Å². The molecular weight excluding hydrogens is 569 g/mol. The number of para-hydroxylation sites is 2. The van der Waals surface area contributed by atoms with Crippen LogP contribution in [0.15, 0.2) is 146 Å². The van der Waals surface area contributed by atoms with Crippen molar-refractivity contribution < 1.29 is 4.57 Å². The molecule has 3 atom stereocenters. The van der Waals surface area contributed by atoms with Crippen molar-refractivity contribution in [2.75, 3.05) is 4.90 Å². The maximum absolute atomic E-state index is 2.76. The Balaban J connectivity index is 1.39. The first-order valence-electron chi connectivity index (χ1n) is 17.1. The van der Waals surface area contributed by atoms with Crippen LogP contribution in [0, 0.1) is 25.7 Å². The molecule has 2 aliphatic rings. The average Bonchev–Trinajstić information content (AvgIpc) is 3.43. The summed E-state index contributed by atoms with van der Waals surface area (Å²) in [7, 11) is 0. The quantitative estimate of drug-likeness (QED) is 0.177.